The molecule has 0 aromatic rings. The summed E-state index contributed by atoms with van der Waals surface area (Å²) in [5, 5.41) is 0. The topological polar surface area (TPSA) is 91.3 Å². The Labute approximate surface area is 341 Å². The second-order valence-electron chi connectivity index (χ2n) is 17.1. The fraction of sp³-hybridized carbons (Fsp3) is 0.935. The van der Waals surface area contributed by atoms with Crippen LogP contribution in [0, 0.1) is 0 Å². The zero-order valence-electron chi connectivity index (χ0n) is 37.2. The lowest BCUT2D eigenvalue weighted by molar-refractivity contribution is -0.870. The minimum absolute atomic E-state index is 0.0906. The highest BCUT2D eigenvalue weighted by Crippen LogP contribution is 2.43. The van der Waals surface area contributed by atoms with Crippen molar-refractivity contribution in [3.05, 3.63) is 12.2 Å². The first-order valence-corrected chi connectivity index (χ1v) is 24.9. The van der Waals surface area contributed by atoms with E-state index in [1.54, 1.807) is 0 Å². The van der Waals surface area contributed by atoms with Crippen molar-refractivity contribution in [3.63, 3.8) is 0 Å². The van der Waals surface area contributed by atoms with E-state index < -0.39 is 13.9 Å². The summed E-state index contributed by atoms with van der Waals surface area (Å²) in [7, 11) is 1.68. The molecular formula is C46H93NO7P+. The van der Waals surface area contributed by atoms with Crippen molar-refractivity contribution in [1.29, 1.82) is 0 Å². The summed E-state index contributed by atoms with van der Waals surface area (Å²) in [6.07, 6.45) is 43.9. The Balaban J connectivity index is 4.10. The molecule has 0 aliphatic rings. The Kier molecular flexibility index (Phi) is 39.5. The largest absolute Gasteiger partial charge is 0.472 e. The maximum Gasteiger partial charge on any atom is 0.472 e. The van der Waals surface area contributed by atoms with Gasteiger partial charge in [-0.25, -0.2) is 4.57 Å². The number of esters is 1. The number of carbonyl (C=O) groups is 1. The molecule has 0 fully saturated rings. The fourth-order valence-corrected chi connectivity index (χ4v) is 7.39. The molecule has 9 heteroatoms. The molecule has 55 heavy (non-hydrogen) atoms. The van der Waals surface area contributed by atoms with Gasteiger partial charge in [-0.05, 0) is 32.1 Å². The Morgan fingerprint density at radius 1 is 0.545 bits per heavy atom. The van der Waals surface area contributed by atoms with E-state index in [-0.39, 0.29) is 25.8 Å². The first-order valence-electron chi connectivity index (χ1n) is 23.4. The molecule has 328 valence electrons. The molecule has 0 spiro atoms. The van der Waals surface area contributed by atoms with Gasteiger partial charge in [-0.1, -0.05) is 193 Å². The first-order chi connectivity index (χ1) is 26.6. The molecule has 1 N–H and O–H groups in total. The number of phosphoric ester groups is 1. The van der Waals surface area contributed by atoms with Crippen LogP contribution >= 0.6 is 7.82 Å². The number of allylic oxidation sites excluding steroid dienone is 2. The standard InChI is InChI=1S/C46H92NO7P/c1-6-8-10-12-14-16-18-20-21-22-23-24-25-26-27-28-29-31-33-35-37-39-46(48)54-45(44-53-55(49,50)52-42-40-47(3,4)5)43-51-41-38-36-34-32-30-19-17-15-13-11-9-7-2/h13,15,45H,6-12,14,16-44H2,1-5H3/p+1/b15-13-. The van der Waals surface area contributed by atoms with Gasteiger partial charge in [0, 0.05) is 13.0 Å². The van der Waals surface area contributed by atoms with Gasteiger partial charge in [0.15, 0.2) is 0 Å². The van der Waals surface area contributed by atoms with Gasteiger partial charge in [-0.15, -0.1) is 0 Å². The number of phosphoric acid groups is 1. The lowest BCUT2D eigenvalue weighted by Crippen LogP contribution is -2.37. The quantitative estimate of drug-likeness (QED) is 0.0216. The van der Waals surface area contributed by atoms with E-state index in [1.165, 1.54) is 167 Å². The monoisotopic (exact) mass is 803 g/mol. The van der Waals surface area contributed by atoms with Crippen LogP contribution in [0.25, 0.3) is 0 Å². The van der Waals surface area contributed by atoms with E-state index in [1.807, 2.05) is 21.1 Å². The van der Waals surface area contributed by atoms with Gasteiger partial charge < -0.3 is 18.9 Å². The van der Waals surface area contributed by atoms with Crippen molar-refractivity contribution in [2.75, 3.05) is 54.1 Å². The molecule has 0 rings (SSSR count). The highest BCUT2D eigenvalue weighted by Gasteiger charge is 2.26. The number of hydrogen-bond acceptors (Lipinski definition) is 6. The number of quaternary nitrogens is 1. The van der Waals surface area contributed by atoms with E-state index in [4.69, 9.17) is 18.5 Å². The van der Waals surface area contributed by atoms with E-state index in [0.29, 0.717) is 24.1 Å². The normalized spacial score (nSPS) is 13.8. The molecule has 0 aromatic carbocycles. The average Bonchev–Trinajstić information content (AvgIpc) is 3.13. The van der Waals surface area contributed by atoms with Crippen LogP contribution in [0.2, 0.25) is 0 Å². The van der Waals surface area contributed by atoms with Crippen LogP contribution in [0.3, 0.4) is 0 Å². The predicted octanol–water partition coefficient (Wildman–Crippen LogP) is 13.8. The smallest absolute Gasteiger partial charge is 0.457 e. The van der Waals surface area contributed by atoms with Gasteiger partial charge in [-0.2, -0.15) is 0 Å². The van der Waals surface area contributed by atoms with E-state index in [2.05, 4.69) is 26.0 Å². The van der Waals surface area contributed by atoms with Crippen LogP contribution < -0.4 is 0 Å². The summed E-state index contributed by atoms with van der Waals surface area (Å²) in [4.78, 5) is 22.9. The number of ether oxygens (including phenoxy) is 2. The molecule has 0 aliphatic heterocycles. The summed E-state index contributed by atoms with van der Waals surface area (Å²) in [5.74, 6) is -0.311. The van der Waals surface area contributed by atoms with Crippen LogP contribution in [0.15, 0.2) is 12.2 Å². The maximum atomic E-state index is 12.7. The van der Waals surface area contributed by atoms with E-state index >= 15 is 0 Å². The summed E-state index contributed by atoms with van der Waals surface area (Å²) >= 11 is 0. The predicted molar refractivity (Wildman–Crippen MR) is 234 cm³/mol. The second-order valence-corrected chi connectivity index (χ2v) is 18.6. The van der Waals surface area contributed by atoms with Crippen molar-refractivity contribution < 1.29 is 37.3 Å². The zero-order valence-corrected chi connectivity index (χ0v) is 38.1. The third kappa shape index (κ3) is 44.2. The van der Waals surface area contributed by atoms with Gasteiger partial charge in [0.2, 0.25) is 0 Å². The number of likely N-dealkylation sites (N-methyl/N-ethyl adjacent to an activating group) is 1. The zero-order chi connectivity index (χ0) is 40.6. The SMILES string of the molecule is CCCC/C=C\CCCCCCCCOCC(COP(=O)(O)OCC[N+](C)(C)C)OC(=O)CCCCCCCCCCCCCCCCCCCCCCC. The number of rotatable bonds is 44. The van der Waals surface area contributed by atoms with Crippen LogP contribution in [0.4, 0.5) is 0 Å². The molecule has 0 bridgehead atoms. The minimum Gasteiger partial charge on any atom is -0.457 e. The summed E-state index contributed by atoms with van der Waals surface area (Å²) in [6, 6.07) is 0. The van der Waals surface area contributed by atoms with Crippen LogP contribution in [-0.2, 0) is 27.9 Å². The molecule has 8 nitrogen and oxygen atoms in total. The number of nitrogens with zero attached hydrogens (tertiary/aromatic N) is 1. The Morgan fingerprint density at radius 3 is 1.44 bits per heavy atom. The molecule has 0 heterocycles. The third-order valence-corrected chi connectivity index (χ3v) is 11.3. The molecule has 0 amide bonds. The van der Waals surface area contributed by atoms with Gasteiger partial charge in [0.25, 0.3) is 0 Å². The van der Waals surface area contributed by atoms with Gasteiger partial charge in [0.05, 0.1) is 34.4 Å². The third-order valence-electron chi connectivity index (χ3n) is 10.3. The molecule has 2 unspecified atom stereocenters. The molecule has 0 aromatic heterocycles. The Morgan fingerprint density at radius 2 is 0.964 bits per heavy atom. The van der Waals surface area contributed by atoms with Crippen LogP contribution in [0.1, 0.15) is 219 Å². The lowest BCUT2D eigenvalue weighted by Gasteiger charge is -2.24. The number of carbonyl (C=O) groups excluding carboxylic acids is 1. The van der Waals surface area contributed by atoms with Crippen LogP contribution in [-0.4, -0.2) is 75.6 Å². The molecule has 0 saturated carbocycles. The Hall–Kier alpha value is -0.760. The summed E-state index contributed by atoms with van der Waals surface area (Å²) in [6.45, 7) is 5.62. The molecular weight excluding hydrogens is 709 g/mol. The van der Waals surface area contributed by atoms with Crippen molar-refractivity contribution in [2.24, 2.45) is 0 Å². The number of unbranched alkanes of at least 4 members (excludes halogenated alkanes) is 28. The van der Waals surface area contributed by atoms with Crippen molar-refractivity contribution >= 4 is 13.8 Å². The van der Waals surface area contributed by atoms with Crippen LogP contribution in [0.5, 0.6) is 0 Å². The molecule has 0 saturated heterocycles. The second kappa shape index (κ2) is 40.0. The minimum atomic E-state index is -4.27. The molecule has 0 radical (unpaired) electrons. The average molecular weight is 803 g/mol. The Bertz CT molecular complexity index is 894. The van der Waals surface area contributed by atoms with Gasteiger partial charge >= 0.3 is 13.8 Å². The molecule has 2 atom stereocenters. The van der Waals surface area contributed by atoms with Gasteiger partial charge in [0.1, 0.15) is 19.3 Å². The maximum absolute atomic E-state index is 12.7. The lowest BCUT2D eigenvalue weighted by atomic mass is 10.0. The van der Waals surface area contributed by atoms with E-state index in [9.17, 15) is 14.3 Å². The fourth-order valence-electron chi connectivity index (χ4n) is 6.65. The number of hydrogen-bond donors (Lipinski definition) is 1. The highest BCUT2D eigenvalue weighted by atomic mass is 31.2. The van der Waals surface area contributed by atoms with E-state index in [0.717, 1.165) is 32.1 Å². The first kappa shape index (κ1) is 54.2. The highest BCUT2D eigenvalue weighted by molar-refractivity contribution is 7.47. The van der Waals surface area contributed by atoms with Crippen molar-refractivity contribution in [3.8, 4) is 0 Å². The van der Waals surface area contributed by atoms with Gasteiger partial charge in [-0.3, -0.25) is 13.8 Å². The summed E-state index contributed by atoms with van der Waals surface area (Å²) < 4.78 is 35.0. The van der Waals surface area contributed by atoms with Crippen molar-refractivity contribution in [2.45, 2.75) is 225 Å². The van der Waals surface area contributed by atoms with Crippen molar-refractivity contribution in [1.82, 2.24) is 0 Å². The summed E-state index contributed by atoms with van der Waals surface area (Å²) in [5.41, 5.74) is 0. The molecule has 0 aliphatic carbocycles.